The Labute approximate surface area is 121 Å². The fourth-order valence-corrected chi connectivity index (χ4v) is 2.20. The van der Waals surface area contributed by atoms with Crippen LogP contribution in [0.4, 0.5) is 0 Å². The first-order valence-electron chi connectivity index (χ1n) is 6.31. The summed E-state index contributed by atoms with van der Waals surface area (Å²) in [5.41, 5.74) is 2.50. The van der Waals surface area contributed by atoms with Crippen LogP contribution in [-0.2, 0) is 6.54 Å². The van der Waals surface area contributed by atoms with Gasteiger partial charge in [-0.15, -0.1) is 0 Å². The Morgan fingerprint density at radius 3 is 2.70 bits per heavy atom. The number of nitrogens with zero attached hydrogens (tertiary/aromatic N) is 4. The fourth-order valence-electron chi connectivity index (χ4n) is 2.02. The maximum atomic E-state index is 5.99. The molecule has 102 valence electrons. The molecule has 2 heterocycles. The topological polar surface area (TPSA) is 52.8 Å². The molecule has 0 fully saturated rings. The van der Waals surface area contributed by atoms with Crippen LogP contribution in [0.3, 0.4) is 0 Å². The Balaban J connectivity index is 1.87. The van der Waals surface area contributed by atoms with Crippen molar-refractivity contribution in [3.8, 4) is 5.75 Å². The molecule has 0 spiro atoms. The minimum atomic E-state index is 0.375. The predicted molar refractivity (Wildman–Crippen MR) is 77.0 cm³/mol. The fraction of sp³-hybridized carbons (Fsp3) is 0.214. The average molecular weight is 289 g/mol. The molecule has 0 amide bonds. The Morgan fingerprint density at radius 2 is 1.95 bits per heavy atom. The molecule has 0 aliphatic carbocycles. The maximum absolute atomic E-state index is 5.99. The van der Waals surface area contributed by atoms with Crippen molar-refractivity contribution >= 4 is 22.8 Å². The van der Waals surface area contributed by atoms with Crippen LogP contribution in [-0.4, -0.2) is 26.1 Å². The Bertz CT molecular complexity index is 724. The zero-order valence-electron chi connectivity index (χ0n) is 11.0. The van der Waals surface area contributed by atoms with Crippen molar-refractivity contribution < 1.29 is 4.74 Å². The van der Waals surface area contributed by atoms with Gasteiger partial charge >= 0.3 is 0 Å². The SMILES string of the molecule is CCOc1ccc(Cn2cnc3c(Cl)ncnc32)cc1. The van der Waals surface area contributed by atoms with Gasteiger partial charge in [0.15, 0.2) is 10.8 Å². The van der Waals surface area contributed by atoms with Crippen LogP contribution in [0.5, 0.6) is 5.75 Å². The summed E-state index contributed by atoms with van der Waals surface area (Å²) in [7, 11) is 0. The number of imidazole rings is 1. The monoisotopic (exact) mass is 288 g/mol. The smallest absolute Gasteiger partial charge is 0.165 e. The lowest BCUT2D eigenvalue weighted by atomic mass is 10.2. The van der Waals surface area contributed by atoms with Gasteiger partial charge in [0, 0.05) is 0 Å². The standard InChI is InChI=1S/C14H13ClN4O/c1-2-20-11-5-3-10(4-6-11)7-19-9-18-12-13(15)16-8-17-14(12)19/h3-6,8-9H,2,7H2,1H3. The number of halogens is 1. The molecule has 3 aromatic rings. The second kappa shape index (κ2) is 5.46. The second-order valence-corrected chi connectivity index (χ2v) is 4.64. The Morgan fingerprint density at radius 1 is 1.15 bits per heavy atom. The summed E-state index contributed by atoms with van der Waals surface area (Å²) in [4.78, 5) is 12.4. The average Bonchev–Trinajstić information content (AvgIpc) is 2.86. The molecule has 6 heteroatoms. The van der Waals surface area contributed by atoms with E-state index in [2.05, 4.69) is 15.0 Å². The van der Waals surface area contributed by atoms with Gasteiger partial charge < -0.3 is 9.30 Å². The number of ether oxygens (including phenoxy) is 1. The van der Waals surface area contributed by atoms with E-state index in [-0.39, 0.29) is 0 Å². The van der Waals surface area contributed by atoms with Crippen molar-refractivity contribution in [1.29, 1.82) is 0 Å². The van der Waals surface area contributed by atoms with E-state index in [1.165, 1.54) is 6.33 Å². The lowest BCUT2D eigenvalue weighted by Crippen LogP contribution is -2.00. The summed E-state index contributed by atoms with van der Waals surface area (Å²) in [6.45, 7) is 3.31. The number of rotatable bonds is 4. The summed E-state index contributed by atoms with van der Waals surface area (Å²) < 4.78 is 7.37. The van der Waals surface area contributed by atoms with Gasteiger partial charge in [-0.25, -0.2) is 15.0 Å². The summed E-state index contributed by atoms with van der Waals surface area (Å²) in [6.07, 6.45) is 3.17. The summed E-state index contributed by atoms with van der Waals surface area (Å²) in [5, 5.41) is 0.375. The van der Waals surface area contributed by atoms with Crippen LogP contribution in [0.2, 0.25) is 5.15 Å². The van der Waals surface area contributed by atoms with E-state index in [9.17, 15) is 0 Å². The van der Waals surface area contributed by atoms with E-state index < -0.39 is 0 Å². The molecule has 0 aliphatic rings. The first kappa shape index (κ1) is 12.9. The van der Waals surface area contributed by atoms with Crippen LogP contribution in [0.15, 0.2) is 36.9 Å². The molecule has 3 rings (SSSR count). The number of aromatic nitrogens is 4. The molecule has 0 saturated heterocycles. The van der Waals surface area contributed by atoms with Gasteiger partial charge in [-0.2, -0.15) is 0 Å². The molecular weight excluding hydrogens is 276 g/mol. The van der Waals surface area contributed by atoms with E-state index in [1.807, 2.05) is 35.8 Å². The Hall–Kier alpha value is -2.14. The van der Waals surface area contributed by atoms with Gasteiger partial charge in [0.1, 0.15) is 17.6 Å². The van der Waals surface area contributed by atoms with Crippen molar-refractivity contribution in [3.05, 3.63) is 47.6 Å². The lowest BCUT2D eigenvalue weighted by Gasteiger charge is -2.06. The molecule has 5 nitrogen and oxygen atoms in total. The van der Waals surface area contributed by atoms with Crippen molar-refractivity contribution in [2.45, 2.75) is 13.5 Å². The van der Waals surface area contributed by atoms with E-state index in [1.54, 1.807) is 6.33 Å². The van der Waals surface area contributed by atoms with Crippen LogP contribution in [0.25, 0.3) is 11.2 Å². The summed E-state index contributed by atoms with van der Waals surface area (Å²) >= 11 is 5.99. The van der Waals surface area contributed by atoms with Gasteiger partial charge in [0.25, 0.3) is 0 Å². The number of hydrogen-bond donors (Lipinski definition) is 0. The van der Waals surface area contributed by atoms with Gasteiger partial charge in [0.2, 0.25) is 0 Å². The molecule has 1 aromatic carbocycles. The number of fused-ring (bicyclic) bond motifs is 1. The van der Waals surface area contributed by atoms with Crippen LogP contribution < -0.4 is 4.74 Å². The zero-order valence-corrected chi connectivity index (χ0v) is 11.7. The quantitative estimate of drug-likeness (QED) is 0.693. The third kappa shape index (κ3) is 2.44. The molecule has 0 radical (unpaired) electrons. The first-order valence-corrected chi connectivity index (χ1v) is 6.69. The summed E-state index contributed by atoms with van der Waals surface area (Å²) in [5.74, 6) is 0.872. The molecule has 0 saturated carbocycles. The normalized spacial score (nSPS) is 10.9. The molecule has 0 unspecified atom stereocenters. The molecule has 0 atom stereocenters. The van der Waals surface area contributed by atoms with Crippen molar-refractivity contribution in [2.75, 3.05) is 6.61 Å². The second-order valence-electron chi connectivity index (χ2n) is 4.29. The highest BCUT2D eigenvalue weighted by atomic mass is 35.5. The molecule has 0 aliphatic heterocycles. The van der Waals surface area contributed by atoms with E-state index >= 15 is 0 Å². The maximum Gasteiger partial charge on any atom is 0.165 e. The molecule has 0 N–H and O–H groups in total. The highest BCUT2D eigenvalue weighted by molar-refractivity contribution is 6.33. The highest BCUT2D eigenvalue weighted by Crippen LogP contribution is 2.19. The lowest BCUT2D eigenvalue weighted by molar-refractivity contribution is 0.340. The number of hydrogen-bond acceptors (Lipinski definition) is 4. The van der Waals surface area contributed by atoms with Crippen LogP contribution >= 0.6 is 11.6 Å². The molecular formula is C14H13ClN4O. The van der Waals surface area contributed by atoms with Crippen molar-refractivity contribution in [3.63, 3.8) is 0 Å². The number of benzene rings is 1. The van der Waals surface area contributed by atoms with Crippen LogP contribution in [0.1, 0.15) is 12.5 Å². The first-order chi connectivity index (χ1) is 9.78. The molecule has 20 heavy (non-hydrogen) atoms. The van der Waals surface area contributed by atoms with Gasteiger partial charge in [-0.3, -0.25) is 0 Å². The van der Waals surface area contributed by atoms with E-state index in [4.69, 9.17) is 16.3 Å². The Kier molecular flexibility index (Phi) is 3.52. The van der Waals surface area contributed by atoms with Crippen molar-refractivity contribution in [2.24, 2.45) is 0 Å². The molecule has 2 aromatic heterocycles. The third-order valence-corrected chi connectivity index (χ3v) is 3.22. The molecule has 0 bridgehead atoms. The predicted octanol–water partition coefficient (Wildman–Crippen LogP) is 2.93. The highest BCUT2D eigenvalue weighted by Gasteiger charge is 2.08. The minimum absolute atomic E-state index is 0.375. The minimum Gasteiger partial charge on any atom is -0.494 e. The third-order valence-electron chi connectivity index (χ3n) is 2.94. The van der Waals surface area contributed by atoms with Gasteiger partial charge in [-0.05, 0) is 24.6 Å². The zero-order chi connectivity index (χ0) is 13.9. The van der Waals surface area contributed by atoms with Crippen LogP contribution in [0, 0.1) is 0 Å². The van der Waals surface area contributed by atoms with E-state index in [0.717, 1.165) is 17.0 Å². The largest absolute Gasteiger partial charge is 0.494 e. The van der Waals surface area contributed by atoms with Gasteiger partial charge in [-0.1, -0.05) is 23.7 Å². The summed E-state index contributed by atoms with van der Waals surface area (Å²) in [6, 6.07) is 7.97. The van der Waals surface area contributed by atoms with E-state index in [0.29, 0.717) is 23.8 Å². The van der Waals surface area contributed by atoms with Gasteiger partial charge in [0.05, 0.1) is 19.5 Å². The van der Waals surface area contributed by atoms with Crippen molar-refractivity contribution in [1.82, 2.24) is 19.5 Å².